The SMILES string of the molecule is Cn1ncc(Cl)c1-c1cc(C(=O)N[C@@H]2CN(C(=O)OC(C)(C)C)C(CC=O)C[C@H]2c2ccc(Cl)c(Cl)c2)oc1Cl. The van der Waals surface area contributed by atoms with Gasteiger partial charge in [0.2, 0.25) is 5.22 Å². The van der Waals surface area contributed by atoms with Gasteiger partial charge in [0, 0.05) is 38.0 Å². The highest BCUT2D eigenvalue weighted by Crippen LogP contribution is 2.38. The first-order valence-electron chi connectivity index (χ1n) is 12.4. The minimum absolute atomic E-state index is 0.0262. The van der Waals surface area contributed by atoms with E-state index in [0.29, 0.717) is 32.7 Å². The van der Waals surface area contributed by atoms with E-state index in [1.54, 1.807) is 40.0 Å². The van der Waals surface area contributed by atoms with Crippen LogP contribution in [0, 0.1) is 0 Å². The van der Waals surface area contributed by atoms with Gasteiger partial charge >= 0.3 is 6.09 Å². The monoisotopic (exact) mass is 628 g/mol. The fourth-order valence-electron chi connectivity index (χ4n) is 4.80. The summed E-state index contributed by atoms with van der Waals surface area (Å²) in [5.74, 6) is -0.928. The first-order chi connectivity index (χ1) is 18.8. The van der Waals surface area contributed by atoms with Crippen molar-refractivity contribution < 1.29 is 23.5 Å². The number of amides is 2. The zero-order valence-electron chi connectivity index (χ0n) is 22.2. The molecule has 3 atom stereocenters. The van der Waals surface area contributed by atoms with Crippen molar-refractivity contribution in [2.24, 2.45) is 7.05 Å². The summed E-state index contributed by atoms with van der Waals surface area (Å²) < 4.78 is 12.7. The van der Waals surface area contributed by atoms with Gasteiger partial charge in [0.25, 0.3) is 5.91 Å². The summed E-state index contributed by atoms with van der Waals surface area (Å²) in [6.07, 6.45) is 2.10. The maximum atomic E-state index is 13.5. The number of hydrogen-bond acceptors (Lipinski definition) is 6. The van der Waals surface area contributed by atoms with Crippen molar-refractivity contribution >= 4 is 64.7 Å². The Morgan fingerprint density at radius 2 is 1.88 bits per heavy atom. The maximum Gasteiger partial charge on any atom is 0.410 e. The molecule has 1 aromatic carbocycles. The van der Waals surface area contributed by atoms with Gasteiger partial charge in [0.15, 0.2) is 5.76 Å². The van der Waals surface area contributed by atoms with Crippen molar-refractivity contribution in [2.75, 3.05) is 6.54 Å². The summed E-state index contributed by atoms with van der Waals surface area (Å²) >= 11 is 25.1. The van der Waals surface area contributed by atoms with Gasteiger partial charge < -0.3 is 24.2 Å². The van der Waals surface area contributed by atoms with Crippen LogP contribution in [0.3, 0.4) is 0 Å². The van der Waals surface area contributed by atoms with Crippen molar-refractivity contribution in [1.82, 2.24) is 20.0 Å². The third kappa shape index (κ3) is 6.60. The van der Waals surface area contributed by atoms with Gasteiger partial charge in [-0.15, -0.1) is 0 Å². The Bertz CT molecular complexity index is 1410. The van der Waals surface area contributed by atoms with E-state index in [-0.39, 0.29) is 29.9 Å². The molecular formula is C27H28Cl4N4O5. The predicted octanol–water partition coefficient (Wildman–Crippen LogP) is 6.77. The van der Waals surface area contributed by atoms with Gasteiger partial charge in [-0.3, -0.25) is 9.48 Å². The molecule has 0 spiro atoms. The van der Waals surface area contributed by atoms with Crippen molar-refractivity contribution in [3.63, 3.8) is 0 Å². The molecule has 0 bridgehead atoms. The maximum absolute atomic E-state index is 13.5. The van der Waals surface area contributed by atoms with Crippen LogP contribution < -0.4 is 5.32 Å². The highest BCUT2D eigenvalue weighted by Gasteiger charge is 2.41. The van der Waals surface area contributed by atoms with Crippen LogP contribution in [0.5, 0.6) is 0 Å². The highest BCUT2D eigenvalue weighted by atomic mass is 35.5. The van der Waals surface area contributed by atoms with Crippen LogP contribution >= 0.6 is 46.4 Å². The van der Waals surface area contributed by atoms with Gasteiger partial charge in [-0.1, -0.05) is 40.9 Å². The number of hydrogen-bond donors (Lipinski definition) is 1. The van der Waals surface area contributed by atoms with Gasteiger partial charge in [-0.2, -0.15) is 5.10 Å². The van der Waals surface area contributed by atoms with E-state index in [2.05, 4.69) is 10.4 Å². The normalized spacial score (nSPS) is 19.4. The number of aromatic nitrogens is 2. The second kappa shape index (κ2) is 12.0. The number of likely N-dealkylation sites (tertiary alicyclic amines) is 1. The zero-order valence-corrected chi connectivity index (χ0v) is 25.2. The van der Waals surface area contributed by atoms with Crippen molar-refractivity contribution in [2.45, 2.75) is 57.2 Å². The number of carbonyl (C=O) groups is 3. The van der Waals surface area contributed by atoms with Gasteiger partial charge in [-0.25, -0.2) is 4.79 Å². The van der Waals surface area contributed by atoms with Gasteiger partial charge in [-0.05, 0) is 56.5 Å². The molecule has 0 saturated carbocycles. The van der Waals surface area contributed by atoms with E-state index < -0.39 is 29.7 Å². The number of rotatable bonds is 6. The molecule has 3 heterocycles. The lowest BCUT2D eigenvalue weighted by molar-refractivity contribution is -0.109. The fourth-order valence-corrected chi connectivity index (χ4v) is 5.61. The predicted molar refractivity (Wildman–Crippen MR) is 153 cm³/mol. The van der Waals surface area contributed by atoms with Crippen LogP contribution in [0.15, 0.2) is 34.9 Å². The Labute approximate surface area is 251 Å². The number of aryl methyl sites for hydroxylation is 1. The Balaban J connectivity index is 1.68. The number of piperidine rings is 1. The van der Waals surface area contributed by atoms with Crippen LogP contribution in [-0.4, -0.2) is 57.2 Å². The van der Waals surface area contributed by atoms with E-state index >= 15 is 0 Å². The second-order valence-corrected chi connectivity index (χ2v) is 12.1. The summed E-state index contributed by atoms with van der Waals surface area (Å²) in [6.45, 7) is 5.34. The Hall–Kier alpha value is -2.72. The standard InChI is InChI=1S/C27H28Cl4N4O5/c1-27(2,3)40-26(38)35-13-21(16(10-15(35)7-8-36)14-5-6-18(28)19(29)9-14)33-25(37)22-11-17(24(31)39-22)23-20(30)12-32-34(23)4/h5-6,8-9,11-12,15-16,21H,7,10,13H2,1-4H3,(H,33,37)/t15?,16-,21+/m0/s1. The third-order valence-corrected chi connectivity index (χ3v) is 7.89. The number of nitrogens with zero attached hydrogens (tertiary/aromatic N) is 3. The minimum Gasteiger partial charge on any atom is -0.444 e. The number of nitrogens with one attached hydrogen (secondary N) is 1. The average Bonchev–Trinajstić information content (AvgIpc) is 3.41. The van der Waals surface area contributed by atoms with Crippen LogP contribution in [0.1, 0.15) is 55.6 Å². The molecular weight excluding hydrogens is 602 g/mol. The molecule has 40 heavy (non-hydrogen) atoms. The molecule has 1 fully saturated rings. The lowest BCUT2D eigenvalue weighted by Crippen LogP contribution is -2.57. The molecule has 2 aromatic heterocycles. The summed E-state index contributed by atoms with van der Waals surface area (Å²) in [6, 6.07) is 5.62. The highest BCUT2D eigenvalue weighted by molar-refractivity contribution is 6.42. The lowest BCUT2D eigenvalue weighted by Gasteiger charge is -2.44. The summed E-state index contributed by atoms with van der Waals surface area (Å²) in [5.41, 5.74) is 0.937. The zero-order chi connectivity index (χ0) is 29.4. The minimum atomic E-state index is -0.753. The number of aldehydes is 1. The molecule has 9 nitrogen and oxygen atoms in total. The number of carbonyl (C=O) groups excluding carboxylic acids is 3. The number of benzene rings is 1. The molecule has 4 rings (SSSR count). The van der Waals surface area contributed by atoms with Crippen LogP contribution in [0.4, 0.5) is 4.79 Å². The number of halogens is 4. The third-order valence-electron chi connectivity index (χ3n) is 6.59. The van der Waals surface area contributed by atoms with Crippen molar-refractivity contribution in [3.8, 4) is 11.3 Å². The van der Waals surface area contributed by atoms with Gasteiger partial charge in [0.1, 0.15) is 11.9 Å². The van der Waals surface area contributed by atoms with E-state index in [1.807, 2.05) is 6.07 Å². The molecule has 3 aromatic rings. The largest absolute Gasteiger partial charge is 0.444 e. The summed E-state index contributed by atoms with van der Waals surface area (Å²) in [7, 11) is 1.69. The fraction of sp³-hybridized carbons (Fsp3) is 0.407. The molecule has 1 saturated heterocycles. The Kier molecular flexibility index (Phi) is 9.09. The molecule has 13 heteroatoms. The molecule has 1 aliphatic heterocycles. The molecule has 1 unspecified atom stereocenters. The Morgan fingerprint density at radius 3 is 2.48 bits per heavy atom. The summed E-state index contributed by atoms with van der Waals surface area (Å²) in [4.78, 5) is 39.7. The molecule has 1 N–H and O–H groups in total. The smallest absolute Gasteiger partial charge is 0.410 e. The van der Waals surface area contributed by atoms with Crippen molar-refractivity contribution in [3.05, 3.63) is 62.1 Å². The van der Waals surface area contributed by atoms with Gasteiger partial charge in [0.05, 0.1) is 38.6 Å². The molecule has 2 amide bonds. The van der Waals surface area contributed by atoms with E-state index in [4.69, 9.17) is 55.6 Å². The van der Waals surface area contributed by atoms with Crippen LogP contribution in [0.2, 0.25) is 20.3 Å². The number of furan rings is 1. The van der Waals surface area contributed by atoms with E-state index in [1.165, 1.54) is 21.8 Å². The molecule has 0 aliphatic carbocycles. The topological polar surface area (TPSA) is 107 Å². The quantitative estimate of drug-likeness (QED) is 0.301. The van der Waals surface area contributed by atoms with Crippen molar-refractivity contribution in [1.29, 1.82) is 0 Å². The van der Waals surface area contributed by atoms with E-state index in [0.717, 1.165) is 11.8 Å². The molecule has 0 radical (unpaired) electrons. The lowest BCUT2D eigenvalue weighted by atomic mass is 9.81. The Morgan fingerprint density at radius 1 is 1.15 bits per heavy atom. The average molecular weight is 630 g/mol. The first kappa shape index (κ1) is 30.2. The van der Waals surface area contributed by atoms with Crippen LogP contribution in [-0.2, 0) is 16.6 Å². The number of ether oxygens (including phenoxy) is 1. The molecule has 1 aliphatic rings. The van der Waals surface area contributed by atoms with E-state index in [9.17, 15) is 14.4 Å². The summed E-state index contributed by atoms with van der Waals surface area (Å²) in [5, 5.41) is 8.13. The second-order valence-electron chi connectivity index (χ2n) is 10.5. The first-order valence-corrected chi connectivity index (χ1v) is 14.0. The molecule has 214 valence electrons. The van der Waals surface area contributed by atoms with Crippen LogP contribution in [0.25, 0.3) is 11.3 Å².